The van der Waals surface area contributed by atoms with Crippen LogP contribution in [0.15, 0.2) is 22.4 Å². The van der Waals surface area contributed by atoms with Gasteiger partial charge in [-0.05, 0) is 43.9 Å². The number of thiocarbonyl (C=S) groups is 1. The van der Waals surface area contributed by atoms with E-state index in [1.807, 2.05) is 37.4 Å². The van der Waals surface area contributed by atoms with Crippen LogP contribution in [-0.4, -0.2) is 40.2 Å². The molecule has 10 heteroatoms. The number of aryl methyl sites for hydroxylation is 1. The van der Waals surface area contributed by atoms with Gasteiger partial charge in [-0.2, -0.15) is 0 Å². The van der Waals surface area contributed by atoms with Gasteiger partial charge in [0.1, 0.15) is 9.32 Å². The largest absolute Gasteiger partial charge is 0.462 e. The molecule has 0 aliphatic carbocycles. The molecule has 3 heterocycles. The number of carbonyl (C=O) groups is 3. The molecule has 1 N–H and O–H groups in total. The number of nitrogens with zero attached hydrogens (tertiary/aromatic N) is 1. The highest BCUT2D eigenvalue weighted by Gasteiger charge is 2.32. The molecule has 0 radical (unpaired) electrons. The van der Waals surface area contributed by atoms with Crippen LogP contribution in [-0.2, 0) is 14.3 Å². The highest BCUT2D eigenvalue weighted by atomic mass is 32.2. The van der Waals surface area contributed by atoms with E-state index in [9.17, 15) is 14.4 Å². The quantitative estimate of drug-likeness (QED) is 0.347. The first-order chi connectivity index (χ1) is 14.3. The van der Waals surface area contributed by atoms with Gasteiger partial charge in [-0.3, -0.25) is 14.5 Å². The maximum atomic E-state index is 12.6. The molecule has 0 atom stereocenters. The predicted molar refractivity (Wildman–Crippen MR) is 127 cm³/mol. The molecule has 1 fully saturated rings. The van der Waals surface area contributed by atoms with Gasteiger partial charge >= 0.3 is 5.97 Å². The Morgan fingerprint density at radius 2 is 2.10 bits per heavy atom. The van der Waals surface area contributed by atoms with Gasteiger partial charge in [-0.1, -0.05) is 30.0 Å². The van der Waals surface area contributed by atoms with Gasteiger partial charge in [0.2, 0.25) is 5.91 Å². The second-order valence-corrected chi connectivity index (χ2v) is 10.2. The molecular formula is C20H20N2O4S4. The van der Waals surface area contributed by atoms with Crippen LogP contribution >= 0.6 is 46.7 Å². The number of hydrogen-bond donors (Lipinski definition) is 1. The number of ether oxygens (including phenoxy) is 1. The van der Waals surface area contributed by atoms with E-state index in [0.717, 1.165) is 15.3 Å². The SMILES string of the molecule is CCOC(=O)c1c(NC(=O)CCN2C(=O)C(=Cc3cccs3)SC2=S)sc(C)c1C. The van der Waals surface area contributed by atoms with Crippen molar-refractivity contribution in [3.8, 4) is 0 Å². The summed E-state index contributed by atoms with van der Waals surface area (Å²) in [5.74, 6) is -0.940. The summed E-state index contributed by atoms with van der Waals surface area (Å²) >= 11 is 9.43. The number of carbonyl (C=O) groups excluding carboxylic acids is 3. The molecule has 2 aromatic rings. The maximum absolute atomic E-state index is 12.6. The lowest BCUT2D eigenvalue weighted by Gasteiger charge is -2.14. The summed E-state index contributed by atoms with van der Waals surface area (Å²) in [6, 6.07) is 3.84. The van der Waals surface area contributed by atoms with Crippen molar-refractivity contribution >= 4 is 79.8 Å². The van der Waals surface area contributed by atoms with Crippen LogP contribution in [0, 0.1) is 13.8 Å². The fourth-order valence-electron chi connectivity index (χ4n) is 2.76. The van der Waals surface area contributed by atoms with Crippen LogP contribution in [0.2, 0.25) is 0 Å². The Labute approximate surface area is 192 Å². The van der Waals surface area contributed by atoms with Gasteiger partial charge in [0.15, 0.2) is 0 Å². The van der Waals surface area contributed by atoms with E-state index in [1.54, 1.807) is 6.92 Å². The molecule has 30 heavy (non-hydrogen) atoms. The highest BCUT2D eigenvalue weighted by Crippen LogP contribution is 2.34. The summed E-state index contributed by atoms with van der Waals surface area (Å²) in [7, 11) is 0. The topological polar surface area (TPSA) is 75.7 Å². The van der Waals surface area contributed by atoms with Crippen LogP contribution in [0.1, 0.15) is 39.0 Å². The van der Waals surface area contributed by atoms with Gasteiger partial charge < -0.3 is 10.1 Å². The first kappa shape index (κ1) is 22.7. The molecule has 158 valence electrons. The van der Waals surface area contributed by atoms with E-state index in [1.165, 1.54) is 39.3 Å². The molecule has 1 saturated heterocycles. The molecule has 0 unspecified atom stereocenters. The normalized spacial score (nSPS) is 15.2. The third-order valence-electron chi connectivity index (χ3n) is 4.37. The zero-order valence-electron chi connectivity index (χ0n) is 16.6. The van der Waals surface area contributed by atoms with E-state index in [0.29, 0.717) is 19.8 Å². The van der Waals surface area contributed by atoms with E-state index < -0.39 is 5.97 Å². The number of rotatable bonds is 7. The van der Waals surface area contributed by atoms with Crippen molar-refractivity contribution < 1.29 is 19.1 Å². The van der Waals surface area contributed by atoms with Crippen molar-refractivity contribution in [2.75, 3.05) is 18.5 Å². The molecule has 0 bridgehead atoms. The smallest absolute Gasteiger partial charge is 0.341 e. The fourth-order valence-corrected chi connectivity index (χ4v) is 5.86. The summed E-state index contributed by atoms with van der Waals surface area (Å²) in [6.07, 6.45) is 1.88. The van der Waals surface area contributed by atoms with E-state index in [4.69, 9.17) is 17.0 Å². The summed E-state index contributed by atoms with van der Waals surface area (Å²) < 4.78 is 5.54. The lowest BCUT2D eigenvalue weighted by atomic mass is 10.1. The summed E-state index contributed by atoms with van der Waals surface area (Å²) in [5, 5.41) is 5.20. The Hall–Kier alpha value is -2.01. The van der Waals surface area contributed by atoms with Crippen molar-refractivity contribution in [2.24, 2.45) is 0 Å². The number of anilines is 1. The van der Waals surface area contributed by atoms with E-state index in [2.05, 4.69) is 5.32 Å². The highest BCUT2D eigenvalue weighted by molar-refractivity contribution is 8.26. The van der Waals surface area contributed by atoms with Gasteiger partial charge in [0.05, 0.1) is 17.1 Å². The van der Waals surface area contributed by atoms with Gasteiger partial charge in [-0.25, -0.2) is 4.79 Å². The van der Waals surface area contributed by atoms with Crippen LogP contribution in [0.25, 0.3) is 6.08 Å². The van der Waals surface area contributed by atoms with Crippen molar-refractivity contribution in [1.29, 1.82) is 0 Å². The molecule has 2 amide bonds. The van der Waals surface area contributed by atoms with Crippen molar-refractivity contribution in [3.05, 3.63) is 43.3 Å². The number of thiophene rings is 2. The standard InChI is InChI=1S/C20H20N2O4S4/c1-4-26-19(25)16-11(2)12(3)29-17(16)21-15(23)7-8-22-18(24)14(30-20(22)27)10-13-6-5-9-28-13/h5-6,9-10H,4,7-8H2,1-3H3,(H,21,23). The van der Waals surface area contributed by atoms with E-state index in [-0.39, 0.29) is 31.4 Å². The Morgan fingerprint density at radius 3 is 2.77 bits per heavy atom. The number of hydrogen-bond acceptors (Lipinski definition) is 8. The van der Waals surface area contributed by atoms with Gasteiger partial charge in [0, 0.05) is 22.7 Å². The Kier molecular flexibility index (Phi) is 7.45. The van der Waals surface area contributed by atoms with E-state index >= 15 is 0 Å². The molecule has 1 aliphatic heterocycles. The fraction of sp³-hybridized carbons (Fsp3) is 0.300. The van der Waals surface area contributed by atoms with Crippen LogP contribution in [0.5, 0.6) is 0 Å². The monoisotopic (exact) mass is 480 g/mol. The van der Waals surface area contributed by atoms with Crippen molar-refractivity contribution in [2.45, 2.75) is 27.2 Å². The Bertz CT molecular complexity index is 1020. The first-order valence-electron chi connectivity index (χ1n) is 9.17. The van der Waals surface area contributed by atoms with Crippen molar-refractivity contribution in [3.63, 3.8) is 0 Å². The molecule has 1 aliphatic rings. The Morgan fingerprint density at radius 1 is 1.33 bits per heavy atom. The Balaban J connectivity index is 1.64. The third kappa shape index (κ3) is 5.00. The molecule has 2 aromatic heterocycles. The average molecular weight is 481 g/mol. The number of amides is 2. The molecule has 0 saturated carbocycles. The summed E-state index contributed by atoms with van der Waals surface area (Å²) in [4.78, 5) is 41.3. The minimum Gasteiger partial charge on any atom is -0.462 e. The number of esters is 1. The molecule has 0 spiro atoms. The zero-order valence-corrected chi connectivity index (χ0v) is 19.9. The summed E-state index contributed by atoms with van der Waals surface area (Å²) in [6.45, 7) is 5.89. The minimum absolute atomic E-state index is 0.0665. The second-order valence-electron chi connectivity index (χ2n) is 6.35. The maximum Gasteiger partial charge on any atom is 0.341 e. The summed E-state index contributed by atoms with van der Waals surface area (Å²) in [5.41, 5.74) is 1.18. The van der Waals surface area contributed by atoms with Gasteiger partial charge in [-0.15, -0.1) is 22.7 Å². The number of thioether (sulfide) groups is 1. The molecular weight excluding hydrogens is 460 g/mol. The molecule has 0 aromatic carbocycles. The lowest BCUT2D eigenvalue weighted by molar-refractivity contribution is -0.122. The predicted octanol–water partition coefficient (Wildman–Crippen LogP) is 4.83. The second kappa shape index (κ2) is 9.86. The van der Waals surface area contributed by atoms with Crippen LogP contribution < -0.4 is 5.32 Å². The first-order valence-corrected chi connectivity index (χ1v) is 12.1. The minimum atomic E-state index is -0.453. The molecule has 6 nitrogen and oxygen atoms in total. The van der Waals surface area contributed by atoms with Gasteiger partial charge in [0.25, 0.3) is 5.91 Å². The van der Waals surface area contributed by atoms with Crippen LogP contribution in [0.4, 0.5) is 5.00 Å². The van der Waals surface area contributed by atoms with Crippen molar-refractivity contribution in [1.82, 2.24) is 4.90 Å². The average Bonchev–Trinajstić information content (AvgIpc) is 3.36. The molecule has 3 rings (SSSR count). The number of nitrogens with one attached hydrogen (secondary N) is 1. The van der Waals surface area contributed by atoms with Crippen LogP contribution in [0.3, 0.4) is 0 Å². The third-order valence-corrected chi connectivity index (χ3v) is 7.69. The zero-order chi connectivity index (χ0) is 21.8. The lowest BCUT2D eigenvalue weighted by Crippen LogP contribution is -2.31.